The van der Waals surface area contributed by atoms with Gasteiger partial charge >= 0.3 is 0 Å². The Morgan fingerprint density at radius 3 is 2.48 bits per heavy atom. The summed E-state index contributed by atoms with van der Waals surface area (Å²) in [4.78, 5) is 61.5. The molecule has 1 N–H and O–H groups in total. The van der Waals surface area contributed by atoms with Gasteiger partial charge in [-0.15, -0.1) is 0 Å². The number of ketones is 1. The normalized spacial score (nSPS) is 15.0. The van der Waals surface area contributed by atoms with E-state index in [1.807, 2.05) is 0 Å². The zero-order chi connectivity index (χ0) is 22.4. The number of carbonyl (C=O) groups excluding carboxylic acids is 4. The standard InChI is InChI=1S/C20H15N3O8/c1-9(22-19(26)11-4-3-5-14(23(28)29)17(11)20(22)27)18(25)21-13-7-16-15(30-8-31-16)6-12(13)10(2)24/h3-7,9H,8H2,1-2H3,(H,21,25)/t9-/m0/s1. The third-order valence-electron chi connectivity index (χ3n) is 5.04. The summed E-state index contributed by atoms with van der Waals surface area (Å²) >= 11 is 0. The molecule has 158 valence electrons. The van der Waals surface area contributed by atoms with E-state index >= 15 is 0 Å². The lowest BCUT2D eigenvalue weighted by Crippen LogP contribution is -2.45. The number of nitrogens with one attached hydrogen (secondary N) is 1. The number of nitro benzene ring substituents is 1. The van der Waals surface area contributed by atoms with Crippen molar-refractivity contribution in [3.63, 3.8) is 0 Å². The van der Waals surface area contributed by atoms with E-state index in [9.17, 15) is 29.3 Å². The SMILES string of the molecule is CC(=O)c1cc2c(cc1NC(=O)[C@H](C)N1C(=O)c3cccc([N+](=O)[O-])c3C1=O)OCO2. The highest BCUT2D eigenvalue weighted by Crippen LogP contribution is 2.38. The van der Waals surface area contributed by atoms with Gasteiger partial charge in [0.1, 0.15) is 11.6 Å². The Bertz CT molecular complexity index is 1190. The van der Waals surface area contributed by atoms with Gasteiger partial charge in [0.25, 0.3) is 17.5 Å². The molecule has 2 aliphatic rings. The number of benzene rings is 2. The van der Waals surface area contributed by atoms with Crippen LogP contribution in [0.3, 0.4) is 0 Å². The highest BCUT2D eigenvalue weighted by atomic mass is 16.7. The number of carbonyl (C=O) groups is 4. The number of nitro groups is 1. The number of hydrogen-bond donors (Lipinski definition) is 1. The van der Waals surface area contributed by atoms with Crippen molar-refractivity contribution >= 4 is 34.9 Å². The predicted octanol–water partition coefficient (Wildman–Crippen LogP) is 2.15. The Balaban J connectivity index is 1.64. The van der Waals surface area contributed by atoms with Gasteiger partial charge in [-0.3, -0.25) is 34.2 Å². The zero-order valence-corrected chi connectivity index (χ0v) is 16.3. The summed E-state index contributed by atoms with van der Waals surface area (Å²) in [7, 11) is 0. The molecular formula is C20H15N3O8. The van der Waals surface area contributed by atoms with Crippen LogP contribution in [0.5, 0.6) is 11.5 Å². The monoisotopic (exact) mass is 425 g/mol. The second-order valence-corrected chi connectivity index (χ2v) is 6.91. The van der Waals surface area contributed by atoms with Gasteiger partial charge in [-0.25, -0.2) is 0 Å². The number of amides is 3. The van der Waals surface area contributed by atoms with Crippen molar-refractivity contribution in [3.8, 4) is 11.5 Å². The van der Waals surface area contributed by atoms with Gasteiger partial charge in [0.15, 0.2) is 17.3 Å². The number of rotatable bonds is 5. The number of imide groups is 1. The van der Waals surface area contributed by atoms with Crippen LogP contribution in [0.1, 0.15) is 44.9 Å². The van der Waals surface area contributed by atoms with Crippen LogP contribution in [-0.4, -0.2) is 46.2 Å². The van der Waals surface area contributed by atoms with Crippen LogP contribution in [0.15, 0.2) is 30.3 Å². The summed E-state index contributed by atoms with van der Waals surface area (Å²) in [6, 6.07) is 5.23. The van der Waals surface area contributed by atoms with E-state index in [1.165, 1.54) is 38.1 Å². The van der Waals surface area contributed by atoms with E-state index < -0.39 is 34.4 Å². The van der Waals surface area contributed by atoms with Crippen LogP contribution in [0.2, 0.25) is 0 Å². The van der Waals surface area contributed by atoms with Crippen molar-refractivity contribution in [1.82, 2.24) is 4.90 Å². The van der Waals surface area contributed by atoms with Gasteiger partial charge in [0.05, 0.1) is 16.2 Å². The largest absolute Gasteiger partial charge is 0.454 e. The Hall–Kier alpha value is -4.28. The predicted molar refractivity (Wildman–Crippen MR) is 104 cm³/mol. The molecular weight excluding hydrogens is 410 g/mol. The second-order valence-electron chi connectivity index (χ2n) is 6.91. The van der Waals surface area contributed by atoms with E-state index in [0.717, 1.165) is 6.07 Å². The molecule has 0 aliphatic carbocycles. The summed E-state index contributed by atoms with van der Waals surface area (Å²) in [5.74, 6) is -2.19. The van der Waals surface area contributed by atoms with Gasteiger partial charge in [0, 0.05) is 17.7 Å². The fourth-order valence-corrected chi connectivity index (χ4v) is 3.48. The van der Waals surface area contributed by atoms with Crippen LogP contribution in [-0.2, 0) is 4.79 Å². The highest BCUT2D eigenvalue weighted by molar-refractivity contribution is 6.25. The number of Topliss-reactive ketones (excluding diaryl/α,β-unsaturated/α-hetero) is 1. The maximum atomic E-state index is 12.9. The topological polar surface area (TPSA) is 145 Å². The van der Waals surface area contributed by atoms with Crippen LogP contribution >= 0.6 is 0 Å². The van der Waals surface area contributed by atoms with Gasteiger partial charge in [-0.05, 0) is 26.0 Å². The molecule has 0 radical (unpaired) electrons. The molecule has 0 aromatic heterocycles. The Labute approximate surface area is 174 Å². The average Bonchev–Trinajstić information content (AvgIpc) is 3.28. The summed E-state index contributed by atoms with van der Waals surface area (Å²) in [6.45, 7) is 2.58. The average molecular weight is 425 g/mol. The number of ether oxygens (including phenoxy) is 2. The molecule has 1 atom stereocenters. The molecule has 0 saturated heterocycles. The molecule has 2 aliphatic heterocycles. The molecule has 3 amide bonds. The minimum atomic E-state index is -1.31. The molecule has 11 heteroatoms. The fourth-order valence-electron chi connectivity index (χ4n) is 3.48. The van der Waals surface area contributed by atoms with Gasteiger partial charge in [-0.1, -0.05) is 6.07 Å². The lowest BCUT2D eigenvalue weighted by Gasteiger charge is -2.22. The molecule has 0 unspecified atom stereocenters. The maximum absolute atomic E-state index is 12.9. The second kappa shape index (κ2) is 7.20. The minimum Gasteiger partial charge on any atom is -0.454 e. The maximum Gasteiger partial charge on any atom is 0.282 e. The number of fused-ring (bicyclic) bond motifs is 2. The molecule has 4 rings (SSSR count). The van der Waals surface area contributed by atoms with E-state index in [1.54, 1.807) is 0 Å². The Morgan fingerprint density at radius 2 is 1.84 bits per heavy atom. The first-order chi connectivity index (χ1) is 14.7. The first kappa shape index (κ1) is 20.0. The van der Waals surface area contributed by atoms with Crippen molar-refractivity contribution in [3.05, 3.63) is 57.1 Å². The number of anilines is 1. The molecule has 2 heterocycles. The van der Waals surface area contributed by atoms with E-state index in [0.29, 0.717) is 16.4 Å². The van der Waals surface area contributed by atoms with Crippen LogP contribution < -0.4 is 14.8 Å². The molecule has 0 saturated carbocycles. The van der Waals surface area contributed by atoms with Crippen LogP contribution in [0.25, 0.3) is 0 Å². The Kier molecular flexibility index (Phi) is 4.65. The highest BCUT2D eigenvalue weighted by Gasteiger charge is 2.45. The zero-order valence-electron chi connectivity index (χ0n) is 16.3. The summed E-state index contributed by atoms with van der Waals surface area (Å²) < 4.78 is 10.5. The van der Waals surface area contributed by atoms with Crippen molar-refractivity contribution in [2.45, 2.75) is 19.9 Å². The molecule has 31 heavy (non-hydrogen) atoms. The van der Waals surface area contributed by atoms with Gasteiger partial charge in [-0.2, -0.15) is 0 Å². The van der Waals surface area contributed by atoms with Crippen molar-refractivity contribution in [2.24, 2.45) is 0 Å². The molecule has 11 nitrogen and oxygen atoms in total. The van der Waals surface area contributed by atoms with Gasteiger partial charge < -0.3 is 14.8 Å². The van der Waals surface area contributed by atoms with Crippen molar-refractivity contribution in [1.29, 1.82) is 0 Å². The summed E-state index contributed by atoms with van der Waals surface area (Å²) in [6.07, 6.45) is 0. The van der Waals surface area contributed by atoms with Crippen LogP contribution in [0.4, 0.5) is 11.4 Å². The van der Waals surface area contributed by atoms with Crippen molar-refractivity contribution < 1.29 is 33.6 Å². The molecule has 2 aromatic rings. The Morgan fingerprint density at radius 1 is 1.16 bits per heavy atom. The summed E-state index contributed by atoms with van der Waals surface area (Å²) in [5, 5.41) is 13.8. The minimum absolute atomic E-state index is 0.0334. The van der Waals surface area contributed by atoms with Crippen molar-refractivity contribution in [2.75, 3.05) is 12.1 Å². The van der Waals surface area contributed by atoms with E-state index in [-0.39, 0.29) is 35.0 Å². The smallest absolute Gasteiger partial charge is 0.282 e. The number of hydrogen-bond acceptors (Lipinski definition) is 8. The number of nitrogens with zero attached hydrogens (tertiary/aromatic N) is 2. The first-order valence-corrected chi connectivity index (χ1v) is 9.11. The van der Waals surface area contributed by atoms with Gasteiger partial charge in [0.2, 0.25) is 12.7 Å². The van der Waals surface area contributed by atoms with Crippen LogP contribution in [0, 0.1) is 10.1 Å². The molecule has 0 bridgehead atoms. The summed E-state index contributed by atoms with van der Waals surface area (Å²) in [5.41, 5.74) is -0.740. The third kappa shape index (κ3) is 3.16. The molecule has 0 spiro atoms. The quantitative estimate of drug-likeness (QED) is 0.332. The molecule has 2 aromatic carbocycles. The fraction of sp³-hybridized carbons (Fsp3) is 0.200. The third-order valence-corrected chi connectivity index (χ3v) is 5.04. The first-order valence-electron chi connectivity index (χ1n) is 9.11. The molecule has 0 fully saturated rings. The van der Waals surface area contributed by atoms with E-state index in [4.69, 9.17) is 9.47 Å². The lowest BCUT2D eigenvalue weighted by molar-refractivity contribution is -0.385. The van der Waals surface area contributed by atoms with E-state index in [2.05, 4.69) is 5.32 Å². The lowest BCUT2D eigenvalue weighted by atomic mass is 10.1.